The van der Waals surface area contributed by atoms with Crippen molar-refractivity contribution in [1.82, 2.24) is 5.32 Å². The number of aliphatic hydroxyl groups is 2. The Morgan fingerprint density at radius 2 is 1.68 bits per heavy atom. The first kappa shape index (κ1) is 15.2. The van der Waals surface area contributed by atoms with Crippen molar-refractivity contribution in [2.45, 2.75) is 32.0 Å². The van der Waals surface area contributed by atoms with Crippen LogP contribution in [0.25, 0.3) is 11.1 Å². The summed E-state index contributed by atoms with van der Waals surface area (Å²) >= 11 is 0. The molecule has 2 aromatic carbocycles. The first-order valence-electron chi connectivity index (χ1n) is 7.80. The van der Waals surface area contributed by atoms with Crippen molar-refractivity contribution >= 4 is 0 Å². The zero-order valence-electron chi connectivity index (χ0n) is 12.9. The Morgan fingerprint density at radius 3 is 2.27 bits per heavy atom. The summed E-state index contributed by atoms with van der Waals surface area (Å²) in [4.78, 5) is 0. The molecule has 3 atom stereocenters. The lowest BCUT2D eigenvalue weighted by molar-refractivity contribution is 0.00855. The molecular formula is C19H23NO2. The number of aliphatic hydroxyl groups excluding tert-OH is 2. The number of rotatable bonds is 4. The SMILES string of the molecule is C[C@@]1(CO)C[C@@H](Cc2ccc(-c3ccccc3)cc2)NC1O. The van der Waals surface area contributed by atoms with Gasteiger partial charge in [-0.25, -0.2) is 0 Å². The second kappa shape index (κ2) is 6.21. The first-order valence-corrected chi connectivity index (χ1v) is 7.80. The molecule has 1 unspecified atom stereocenters. The van der Waals surface area contributed by atoms with E-state index in [1.807, 2.05) is 25.1 Å². The molecule has 0 spiro atoms. The predicted molar refractivity (Wildman–Crippen MR) is 88.3 cm³/mol. The smallest absolute Gasteiger partial charge is 0.112 e. The molecule has 0 radical (unpaired) electrons. The highest BCUT2D eigenvalue weighted by Gasteiger charge is 2.42. The average molecular weight is 297 g/mol. The minimum atomic E-state index is -0.633. The van der Waals surface area contributed by atoms with Crippen LogP contribution >= 0.6 is 0 Å². The van der Waals surface area contributed by atoms with Crippen molar-refractivity contribution in [3.63, 3.8) is 0 Å². The van der Waals surface area contributed by atoms with Crippen molar-refractivity contribution in [2.24, 2.45) is 5.41 Å². The van der Waals surface area contributed by atoms with Gasteiger partial charge in [0.1, 0.15) is 6.23 Å². The number of hydrogen-bond acceptors (Lipinski definition) is 3. The van der Waals surface area contributed by atoms with Gasteiger partial charge in [0.15, 0.2) is 0 Å². The van der Waals surface area contributed by atoms with Gasteiger partial charge < -0.3 is 10.2 Å². The summed E-state index contributed by atoms with van der Waals surface area (Å²) in [5, 5.41) is 22.6. The van der Waals surface area contributed by atoms with Gasteiger partial charge in [0.2, 0.25) is 0 Å². The van der Waals surface area contributed by atoms with Crippen molar-refractivity contribution in [3.8, 4) is 11.1 Å². The molecule has 3 nitrogen and oxygen atoms in total. The Balaban J connectivity index is 1.68. The van der Waals surface area contributed by atoms with Gasteiger partial charge >= 0.3 is 0 Å². The maximum Gasteiger partial charge on any atom is 0.112 e. The summed E-state index contributed by atoms with van der Waals surface area (Å²) in [5.41, 5.74) is 3.24. The summed E-state index contributed by atoms with van der Waals surface area (Å²) in [5.74, 6) is 0. The Morgan fingerprint density at radius 1 is 1.05 bits per heavy atom. The molecule has 3 heteroatoms. The third-order valence-electron chi connectivity index (χ3n) is 4.67. The standard InChI is InChI=1S/C19H23NO2/c1-19(13-21)12-17(20-18(19)22)11-14-7-9-16(10-8-14)15-5-3-2-4-6-15/h2-10,17-18,20-22H,11-13H2,1H3/t17-,18?,19+/m1/s1. The monoisotopic (exact) mass is 297 g/mol. The Kier molecular flexibility index (Phi) is 4.30. The second-order valence-electron chi connectivity index (χ2n) is 6.55. The van der Waals surface area contributed by atoms with Gasteiger partial charge in [-0.1, -0.05) is 61.5 Å². The van der Waals surface area contributed by atoms with Gasteiger partial charge in [-0.15, -0.1) is 0 Å². The van der Waals surface area contributed by atoms with E-state index < -0.39 is 11.6 Å². The molecule has 0 bridgehead atoms. The van der Waals surface area contributed by atoms with E-state index in [1.165, 1.54) is 16.7 Å². The lowest BCUT2D eigenvalue weighted by atomic mass is 9.86. The highest BCUT2D eigenvalue weighted by molar-refractivity contribution is 5.63. The Labute approximate surface area is 131 Å². The van der Waals surface area contributed by atoms with E-state index in [-0.39, 0.29) is 12.6 Å². The molecule has 1 saturated heterocycles. The molecule has 2 aromatic rings. The molecular weight excluding hydrogens is 274 g/mol. The van der Waals surface area contributed by atoms with Crippen molar-refractivity contribution in [1.29, 1.82) is 0 Å². The van der Waals surface area contributed by atoms with Crippen LogP contribution in [0.4, 0.5) is 0 Å². The first-order chi connectivity index (χ1) is 10.6. The zero-order valence-corrected chi connectivity index (χ0v) is 12.9. The molecule has 0 aromatic heterocycles. The molecule has 3 N–H and O–H groups in total. The number of benzene rings is 2. The molecule has 116 valence electrons. The van der Waals surface area contributed by atoms with E-state index in [1.54, 1.807) is 0 Å². The van der Waals surface area contributed by atoms with Crippen molar-refractivity contribution in [2.75, 3.05) is 6.61 Å². The van der Waals surface area contributed by atoms with E-state index in [4.69, 9.17) is 0 Å². The summed E-state index contributed by atoms with van der Waals surface area (Å²) in [7, 11) is 0. The van der Waals surface area contributed by atoms with Crippen LogP contribution in [0.3, 0.4) is 0 Å². The minimum absolute atomic E-state index is 0.00458. The van der Waals surface area contributed by atoms with E-state index in [2.05, 4.69) is 41.7 Å². The lowest BCUT2D eigenvalue weighted by Gasteiger charge is -2.23. The normalized spacial score (nSPS) is 28.0. The van der Waals surface area contributed by atoms with Gasteiger partial charge in [0.25, 0.3) is 0 Å². The highest BCUT2D eigenvalue weighted by atomic mass is 16.3. The molecule has 0 amide bonds. The third kappa shape index (κ3) is 3.07. The number of nitrogens with one attached hydrogen (secondary N) is 1. The predicted octanol–water partition coefficient (Wildman–Crippen LogP) is 2.58. The highest BCUT2D eigenvalue weighted by Crippen LogP contribution is 2.33. The second-order valence-corrected chi connectivity index (χ2v) is 6.55. The molecule has 1 aliphatic rings. The largest absolute Gasteiger partial charge is 0.396 e. The van der Waals surface area contributed by atoms with Crippen LogP contribution < -0.4 is 5.32 Å². The van der Waals surface area contributed by atoms with Gasteiger partial charge in [-0.2, -0.15) is 0 Å². The van der Waals surface area contributed by atoms with Crippen LogP contribution in [0, 0.1) is 5.41 Å². The maximum absolute atomic E-state index is 10.0. The molecule has 0 aliphatic carbocycles. The topological polar surface area (TPSA) is 52.5 Å². The summed E-state index contributed by atoms with van der Waals surface area (Å²) < 4.78 is 0. The number of hydrogen-bond donors (Lipinski definition) is 3. The molecule has 0 saturated carbocycles. The quantitative estimate of drug-likeness (QED) is 0.813. The molecule has 22 heavy (non-hydrogen) atoms. The Hall–Kier alpha value is -1.68. The van der Waals surface area contributed by atoms with Crippen LogP contribution in [-0.2, 0) is 6.42 Å². The van der Waals surface area contributed by atoms with Gasteiger partial charge in [-0.3, -0.25) is 5.32 Å². The van der Waals surface area contributed by atoms with Crippen LogP contribution in [0.1, 0.15) is 18.9 Å². The van der Waals surface area contributed by atoms with E-state index in [0.717, 1.165) is 12.8 Å². The molecule has 1 heterocycles. The fourth-order valence-corrected chi connectivity index (χ4v) is 3.19. The maximum atomic E-state index is 10.0. The summed E-state index contributed by atoms with van der Waals surface area (Å²) in [6, 6.07) is 19.1. The fraction of sp³-hybridized carbons (Fsp3) is 0.368. The van der Waals surface area contributed by atoms with Gasteiger partial charge in [0, 0.05) is 11.5 Å². The van der Waals surface area contributed by atoms with E-state index in [0.29, 0.717) is 0 Å². The van der Waals surface area contributed by atoms with Crippen LogP contribution in [0.2, 0.25) is 0 Å². The van der Waals surface area contributed by atoms with Crippen LogP contribution in [0.15, 0.2) is 54.6 Å². The zero-order chi connectivity index (χ0) is 15.6. The fourth-order valence-electron chi connectivity index (χ4n) is 3.19. The van der Waals surface area contributed by atoms with Crippen molar-refractivity contribution in [3.05, 3.63) is 60.2 Å². The molecule has 3 rings (SSSR count). The van der Waals surface area contributed by atoms with Gasteiger partial charge in [0.05, 0.1) is 6.61 Å². The van der Waals surface area contributed by atoms with Crippen molar-refractivity contribution < 1.29 is 10.2 Å². The Bertz CT molecular complexity index is 611. The van der Waals surface area contributed by atoms with Crippen LogP contribution in [0.5, 0.6) is 0 Å². The van der Waals surface area contributed by atoms with Crippen LogP contribution in [-0.4, -0.2) is 29.1 Å². The lowest BCUT2D eigenvalue weighted by Crippen LogP contribution is -2.38. The molecule has 1 aliphatic heterocycles. The average Bonchev–Trinajstić information content (AvgIpc) is 2.84. The van der Waals surface area contributed by atoms with Gasteiger partial charge in [-0.05, 0) is 29.5 Å². The summed E-state index contributed by atoms with van der Waals surface area (Å²) in [6.45, 7) is 1.92. The summed E-state index contributed by atoms with van der Waals surface area (Å²) in [6.07, 6.45) is 1.01. The van der Waals surface area contributed by atoms with E-state index >= 15 is 0 Å². The minimum Gasteiger partial charge on any atom is -0.396 e. The van der Waals surface area contributed by atoms with E-state index in [9.17, 15) is 10.2 Å². The molecule has 1 fully saturated rings. The third-order valence-corrected chi connectivity index (χ3v) is 4.67.